The summed E-state index contributed by atoms with van der Waals surface area (Å²) in [5, 5.41) is 0. The highest BCUT2D eigenvalue weighted by atomic mass is 16.6. The third kappa shape index (κ3) is 10.8. The summed E-state index contributed by atoms with van der Waals surface area (Å²) in [5.41, 5.74) is 0.451. The molecular formula is C20H32O4. The van der Waals surface area contributed by atoms with Gasteiger partial charge < -0.3 is 9.47 Å². The Hall–Kier alpha value is -1.84. The van der Waals surface area contributed by atoms with Crippen LogP contribution in [-0.2, 0) is 19.1 Å². The van der Waals surface area contributed by atoms with E-state index in [-0.39, 0.29) is 18.3 Å². The lowest BCUT2D eigenvalue weighted by molar-refractivity contribution is -0.158. The van der Waals surface area contributed by atoms with Crippen molar-refractivity contribution in [2.45, 2.75) is 66.4 Å². The zero-order valence-corrected chi connectivity index (χ0v) is 16.0. The molecular weight excluding hydrogens is 304 g/mol. The van der Waals surface area contributed by atoms with Crippen LogP contribution in [0.15, 0.2) is 36.1 Å². The minimum absolute atomic E-state index is 0.0228. The molecule has 0 N–H and O–H groups in total. The maximum absolute atomic E-state index is 11.8. The lowest BCUT2D eigenvalue weighted by Gasteiger charge is -2.19. The monoisotopic (exact) mass is 336 g/mol. The fourth-order valence-corrected chi connectivity index (χ4v) is 1.88. The standard InChI is InChI=1S/C20H32O4/c1-8-10-18(23-14-19(22)24-20(5,6)7)13-17(9-2)12-11-15(3)16(4)21/h9-10,13,15H,2,8,11-12,14H2,1,3-7H3/b17-13+,18-10+. The Balaban J connectivity index is 4.78. The van der Waals surface area contributed by atoms with Crippen molar-refractivity contribution in [2.24, 2.45) is 5.92 Å². The van der Waals surface area contributed by atoms with Crippen molar-refractivity contribution in [2.75, 3.05) is 6.61 Å². The minimum atomic E-state index is -0.528. The summed E-state index contributed by atoms with van der Waals surface area (Å²) in [5.74, 6) is 0.426. The highest BCUT2D eigenvalue weighted by molar-refractivity contribution is 5.77. The molecule has 136 valence electrons. The zero-order chi connectivity index (χ0) is 18.8. The third-order valence-corrected chi connectivity index (χ3v) is 3.33. The molecule has 0 radical (unpaired) electrons. The second-order valence-corrected chi connectivity index (χ2v) is 6.86. The van der Waals surface area contributed by atoms with Crippen molar-refractivity contribution in [1.29, 1.82) is 0 Å². The van der Waals surface area contributed by atoms with Gasteiger partial charge in [-0.2, -0.15) is 0 Å². The zero-order valence-electron chi connectivity index (χ0n) is 16.0. The Bertz CT molecular complexity index is 492. The normalized spacial score (nSPS) is 14.1. The maximum Gasteiger partial charge on any atom is 0.344 e. The van der Waals surface area contributed by atoms with Crippen molar-refractivity contribution in [3.05, 3.63) is 36.1 Å². The number of carbonyl (C=O) groups excluding carboxylic acids is 2. The number of esters is 1. The molecule has 0 rings (SSSR count). The molecule has 0 bridgehead atoms. The first-order valence-electron chi connectivity index (χ1n) is 8.47. The van der Waals surface area contributed by atoms with E-state index in [1.807, 2.05) is 46.8 Å². The molecule has 4 heteroatoms. The average molecular weight is 336 g/mol. The van der Waals surface area contributed by atoms with Gasteiger partial charge in [0, 0.05) is 5.92 Å². The van der Waals surface area contributed by atoms with Crippen LogP contribution in [0.2, 0.25) is 0 Å². The number of ether oxygens (including phenoxy) is 2. The summed E-state index contributed by atoms with van der Waals surface area (Å²) in [6.45, 7) is 14.7. The molecule has 1 atom stereocenters. The maximum atomic E-state index is 11.8. The van der Waals surface area contributed by atoms with E-state index >= 15 is 0 Å². The third-order valence-electron chi connectivity index (χ3n) is 3.33. The highest BCUT2D eigenvalue weighted by Gasteiger charge is 2.16. The first-order valence-corrected chi connectivity index (χ1v) is 8.47. The summed E-state index contributed by atoms with van der Waals surface area (Å²) >= 11 is 0. The molecule has 4 nitrogen and oxygen atoms in total. The van der Waals surface area contributed by atoms with Gasteiger partial charge in [0.1, 0.15) is 17.1 Å². The molecule has 0 saturated heterocycles. The van der Waals surface area contributed by atoms with Crippen molar-refractivity contribution in [3.8, 4) is 0 Å². The molecule has 0 aromatic rings. The second kappa shape index (κ2) is 10.8. The van der Waals surface area contributed by atoms with Crippen LogP contribution in [0.5, 0.6) is 0 Å². The molecule has 0 aromatic carbocycles. The summed E-state index contributed by atoms with van der Waals surface area (Å²) in [4.78, 5) is 23.1. The summed E-state index contributed by atoms with van der Waals surface area (Å²) in [6.07, 6.45) is 7.82. The van der Waals surface area contributed by atoms with Crippen LogP contribution in [0.3, 0.4) is 0 Å². The van der Waals surface area contributed by atoms with E-state index in [9.17, 15) is 9.59 Å². The predicted molar refractivity (Wildman–Crippen MR) is 97.5 cm³/mol. The Labute approximate surface area is 146 Å². The van der Waals surface area contributed by atoms with Crippen LogP contribution in [0.1, 0.15) is 60.8 Å². The number of carbonyl (C=O) groups is 2. The Kier molecular flexibility index (Phi) is 10.0. The molecule has 0 aromatic heterocycles. The number of rotatable bonds is 10. The number of hydrogen-bond donors (Lipinski definition) is 0. The van der Waals surface area contributed by atoms with E-state index in [4.69, 9.17) is 9.47 Å². The molecule has 0 amide bonds. The van der Waals surface area contributed by atoms with Gasteiger partial charge in [0.25, 0.3) is 0 Å². The van der Waals surface area contributed by atoms with Crippen LogP contribution >= 0.6 is 0 Å². The lowest BCUT2D eigenvalue weighted by Crippen LogP contribution is -2.26. The van der Waals surface area contributed by atoms with Gasteiger partial charge in [0.2, 0.25) is 0 Å². The topological polar surface area (TPSA) is 52.6 Å². The fourth-order valence-electron chi connectivity index (χ4n) is 1.88. The molecule has 0 aliphatic heterocycles. The van der Waals surface area contributed by atoms with Crippen molar-refractivity contribution >= 4 is 11.8 Å². The van der Waals surface area contributed by atoms with Gasteiger partial charge >= 0.3 is 5.97 Å². The van der Waals surface area contributed by atoms with E-state index < -0.39 is 11.6 Å². The molecule has 0 aliphatic rings. The van der Waals surface area contributed by atoms with Crippen LogP contribution in [-0.4, -0.2) is 24.0 Å². The van der Waals surface area contributed by atoms with Crippen LogP contribution in [0.4, 0.5) is 0 Å². The predicted octanol–water partition coefficient (Wildman–Crippen LogP) is 4.76. The van der Waals surface area contributed by atoms with E-state index in [1.54, 1.807) is 13.0 Å². The smallest absolute Gasteiger partial charge is 0.344 e. The molecule has 0 heterocycles. The largest absolute Gasteiger partial charge is 0.482 e. The van der Waals surface area contributed by atoms with E-state index in [1.165, 1.54) is 0 Å². The molecule has 0 saturated carbocycles. The van der Waals surface area contributed by atoms with Gasteiger partial charge in [0.15, 0.2) is 6.61 Å². The van der Waals surface area contributed by atoms with E-state index in [0.29, 0.717) is 5.76 Å². The van der Waals surface area contributed by atoms with Crippen LogP contribution in [0, 0.1) is 5.92 Å². The second-order valence-electron chi connectivity index (χ2n) is 6.86. The van der Waals surface area contributed by atoms with Gasteiger partial charge in [-0.05, 0) is 64.7 Å². The SMILES string of the molecule is C=C/C(=C\C(=C/CC)OCC(=O)OC(C)(C)C)CCC(C)C(C)=O. The summed E-state index contributed by atoms with van der Waals surface area (Å²) in [6, 6.07) is 0. The average Bonchev–Trinajstić information content (AvgIpc) is 2.46. The van der Waals surface area contributed by atoms with Gasteiger partial charge in [-0.15, -0.1) is 0 Å². The molecule has 1 unspecified atom stereocenters. The number of Topliss-reactive ketones (excluding diaryl/α,β-unsaturated/α-hetero) is 1. The first-order chi connectivity index (χ1) is 11.1. The molecule has 24 heavy (non-hydrogen) atoms. The van der Waals surface area contributed by atoms with E-state index in [2.05, 4.69) is 6.58 Å². The Morgan fingerprint density at radius 1 is 1.25 bits per heavy atom. The van der Waals surface area contributed by atoms with E-state index in [0.717, 1.165) is 24.8 Å². The van der Waals surface area contributed by atoms with Crippen LogP contribution in [0.25, 0.3) is 0 Å². The lowest BCUT2D eigenvalue weighted by atomic mass is 9.97. The van der Waals surface area contributed by atoms with Gasteiger partial charge in [-0.25, -0.2) is 4.79 Å². The fraction of sp³-hybridized carbons (Fsp3) is 0.600. The summed E-state index contributed by atoms with van der Waals surface area (Å²) in [7, 11) is 0. The van der Waals surface area contributed by atoms with Crippen LogP contribution < -0.4 is 0 Å². The number of allylic oxidation sites excluding steroid dienone is 4. The quantitative estimate of drug-likeness (QED) is 0.328. The molecule has 0 aliphatic carbocycles. The van der Waals surface area contributed by atoms with Gasteiger partial charge in [-0.1, -0.05) is 26.5 Å². The van der Waals surface area contributed by atoms with Crippen molar-refractivity contribution in [1.82, 2.24) is 0 Å². The van der Waals surface area contributed by atoms with Crippen molar-refractivity contribution < 1.29 is 19.1 Å². The summed E-state index contributed by atoms with van der Waals surface area (Å²) < 4.78 is 10.8. The molecule has 0 spiro atoms. The van der Waals surface area contributed by atoms with Crippen molar-refractivity contribution in [3.63, 3.8) is 0 Å². The number of hydrogen-bond acceptors (Lipinski definition) is 4. The molecule has 0 fully saturated rings. The highest BCUT2D eigenvalue weighted by Crippen LogP contribution is 2.17. The minimum Gasteiger partial charge on any atom is -0.482 e. The number of ketones is 1. The van der Waals surface area contributed by atoms with Gasteiger partial charge in [0.05, 0.1) is 0 Å². The Morgan fingerprint density at radius 2 is 1.88 bits per heavy atom. The first kappa shape index (κ1) is 22.2. The van der Waals surface area contributed by atoms with Gasteiger partial charge in [-0.3, -0.25) is 4.79 Å². The Morgan fingerprint density at radius 3 is 2.33 bits per heavy atom.